The zero-order chi connectivity index (χ0) is 14.8. The van der Waals surface area contributed by atoms with Gasteiger partial charge in [0.1, 0.15) is 26.4 Å². The van der Waals surface area contributed by atoms with Gasteiger partial charge in [-0.15, -0.1) is 0 Å². The van der Waals surface area contributed by atoms with Crippen LogP contribution in [0.1, 0.15) is 11.1 Å². The van der Waals surface area contributed by atoms with E-state index in [1.807, 2.05) is 48.6 Å². The molecule has 0 aliphatic carbocycles. The van der Waals surface area contributed by atoms with Gasteiger partial charge in [-0.1, -0.05) is 24.3 Å². The summed E-state index contributed by atoms with van der Waals surface area (Å²) in [6.07, 6.45) is 4.09. The van der Waals surface area contributed by atoms with Crippen LogP contribution in [-0.2, 0) is 0 Å². The summed E-state index contributed by atoms with van der Waals surface area (Å²) >= 11 is 0. The van der Waals surface area contributed by atoms with E-state index in [-0.39, 0.29) is 0 Å². The fourth-order valence-electron chi connectivity index (χ4n) is 2.52. The summed E-state index contributed by atoms with van der Waals surface area (Å²) in [6, 6.07) is 11.9. The lowest BCUT2D eigenvalue weighted by Gasteiger charge is -2.18. The van der Waals surface area contributed by atoms with Gasteiger partial charge < -0.3 is 18.9 Å². The van der Waals surface area contributed by atoms with Crippen molar-refractivity contribution in [2.45, 2.75) is 0 Å². The Morgan fingerprint density at radius 2 is 0.955 bits per heavy atom. The van der Waals surface area contributed by atoms with Gasteiger partial charge in [-0.25, -0.2) is 0 Å². The quantitative estimate of drug-likeness (QED) is 0.796. The van der Waals surface area contributed by atoms with E-state index in [9.17, 15) is 0 Å². The number of ether oxygens (including phenoxy) is 4. The molecule has 0 aromatic heterocycles. The maximum atomic E-state index is 5.60. The molecule has 4 heteroatoms. The Morgan fingerprint density at radius 1 is 0.545 bits per heavy atom. The van der Waals surface area contributed by atoms with Crippen LogP contribution in [0.25, 0.3) is 12.2 Å². The molecule has 0 bridgehead atoms. The fourth-order valence-corrected chi connectivity index (χ4v) is 2.52. The van der Waals surface area contributed by atoms with Gasteiger partial charge in [0.15, 0.2) is 23.0 Å². The van der Waals surface area contributed by atoms with Crippen LogP contribution in [0.2, 0.25) is 0 Å². The summed E-state index contributed by atoms with van der Waals surface area (Å²) < 4.78 is 22.2. The molecule has 2 aliphatic rings. The summed E-state index contributed by atoms with van der Waals surface area (Å²) in [5.74, 6) is 3.22. The van der Waals surface area contributed by atoms with E-state index in [0.717, 1.165) is 34.1 Å². The molecule has 0 radical (unpaired) electrons. The minimum Gasteiger partial charge on any atom is -0.486 e. The van der Waals surface area contributed by atoms with Crippen LogP contribution >= 0.6 is 0 Å². The molecule has 2 aromatic rings. The van der Waals surface area contributed by atoms with Crippen molar-refractivity contribution < 1.29 is 18.9 Å². The Labute approximate surface area is 128 Å². The first-order chi connectivity index (χ1) is 10.9. The Hall–Kier alpha value is -2.62. The van der Waals surface area contributed by atoms with Gasteiger partial charge in [0.05, 0.1) is 0 Å². The highest BCUT2D eigenvalue weighted by molar-refractivity contribution is 5.72. The van der Waals surface area contributed by atoms with E-state index < -0.39 is 0 Å². The lowest BCUT2D eigenvalue weighted by atomic mass is 10.1. The van der Waals surface area contributed by atoms with Crippen LogP contribution in [0, 0.1) is 0 Å². The van der Waals surface area contributed by atoms with Crippen molar-refractivity contribution in [3.05, 3.63) is 47.5 Å². The second-order valence-electron chi connectivity index (χ2n) is 5.14. The predicted molar refractivity (Wildman–Crippen MR) is 83.8 cm³/mol. The molecule has 4 rings (SSSR count). The molecule has 0 spiro atoms. The van der Waals surface area contributed by atoms with E-state index in [4.69, 9.17) is 18.9 Å². The van der Waals surface area contributed by atoms with Gasteiger partial charge in [-0.2, -0.15) is 0 Å². The Balaban J connectivity index is 1.56. The number of benzene rings is 2. The topological polar surface area (TPSA) is 36.9 Å². The zero-order valence-electron chi connectivity index (χ0n) is 12.1. The number of hydrogen-bond acceptors (Lipinski definition) is 4. The molecule has 0 fully saturated rings. The van der Waals surface area contributed by atoms with E-state index in [1.54, 1.807) is 0 Å². The van der Waals surface area contributed by atoms with Crippen LogP contribution in [0.15, 0.2) is 36.4 Å². The predicted octanol–water partition coefficient (Wildman–Crippen LogP) is 3.40. The SMILES string of the molecule is C(=Cc1ccc2c(c1)OCCO2)c1ccc2c(c1)OCCO2. The first-order valence-corrected chi connectivity index (χ1v) is 7.36. The van der Waals surface area contributed by atoms with Gasteiger partial charge in [0.2, 0.25) is 0 Å². The van der Waals surface area contributed by atoms with Crippen LogP contribution in [0.4, 0.5) is 0 Å². The fraction of sp³-hybridized carbons (Fsp3) is 0.222. The molecule has 2 aromatic carbocycles. The molecule has 2 heterocycles. The second kappa shape index (κ2) is 5.64. The van der Waals surface area contributed by atoms with Crippen molar-refractivity contribution in [3.63, 3.8) is 0 Å². The molecule has 4 nitrogen and oxygen atoms in total. The average Bonchev–Trinajstić information content (AvgIpc) is 2.59. The van der Waals surface area contributed by atoms with Crippen LogP contribution in [-0.4, -0.2) is 26.4 Å². The lowest BCUT2D eigenvalue weighted by molar-refractivity contribution is 0.171. The number of fused-ring (bicyclic) bond motifs is 2. The summed E-state index contributed by atoms with van der Waals surface area (Å²) in [7, 11) is 0. The molecule has 0 saturated heterocycles. The van der Waals surface area contributed by atoms with Crippen molar-refractivity contribution in [3.8, 4) is 23.0 Å². The third-order valence-electron chi connectivity index (χ3n) is 3.60. The molecule has 0 N–H and O–H groups in total. The molecule has 0 saturated carbocycles. The van der Waals surface area contributed by atoms with Crippen LogP contribution in [0.5, 0.6) is 23.0 Å². The maximum absolute atomic E-state index is 5.60. The van der Waals surface area contributed by atoms with Gasteiger partial charge in [-0.3, -0.25) is 0 Å². The number of hydrogen-bond donors (Lipinski definition) is 0. The molecular formula is C18H16O4. The molecule has 2 aliphatic heterocycles. The molecule has 0 amide bonds. The van der Waals surface area contributed by atoms with Gasteiger partial charge in [0.25, 0.3) is 0 Å². The summed E-state index contributed by atoms with van der Waals surface area (Å²) in [6.45, 7) is 2.42. The standard InChI is InChI=1S/C18H16O4/c1(13-3-5-15-17(11-13)21-9-7-19-15)2-14-4-6-16-18(12-14)22-10-8-20-16/h1-6,11-12H,7-10H2. The normalized spacial score (nSPS) is 15.8. The number of rotatable bonds is 2. The maximum Gasteiger partial charge on any atom is 0.161 e. The average molecular weight is 296 g/mol. The van der Waals surface area contributed by atoms with Gasteiger partial charge >= 0.3 is 0 Å². The van der Waals surface area contributed by atoms with Crippen molar-refractivity contribution in [2.24, 2.45) is 0 Å². The first kappa shape index (κ1) is 13.1. The summed E-state index contributed by atoms with van der Waals surface area (Å²) in [5, 5.41) is 0. The van der Waals surface area contributed by atoms with E-state index in [2.05, 4.69) is 0 Å². The third-order valence-corrected chi connectivity index (χ3v) is 3.60. The molecule has 22 heavy (non-hydrogen) atoms. The Bertz CT molecular complexity index is 660. The summed E-state index contributed by atoms with van der Waals surface area (Å²) in [4.78, 5) is 0. The van der Waals surface area contributed by atoms with E-state index in [0.29, 0.717) is 26.4 Å². The zero-order valence-corrected chi connectivity index (χ0v) is 12.1. The third kappa shape index (κ3) is 2.60. The van der Waals surface area contributed by atoms with Crippen molar-refractivity contribution >= 4 is 12.2 Å². The van der Waals surface area contributed by atoms with Crippen molar-refractivity contribution in [2.75, 3.05) is 26.4 Å². The monoisotopic (exact) mass is 296 g/mol. The Morgan fingerprint density at radius 3 is 1.41 bits per heavy atom. The van der Waals surface area contributed by atoms with E-state index >= 15 is 0 Å². The Kier molecular flexibility index (Phi) is 3.35. The van der Waals surface area contributed by atoms with Crippen molar-refractivity contribution in [1.29, 1.82) is 0 Å². The van der Waals surface area contributed by atoms with Gasteiger partial charge in [0, 0.05) is 0 Å². The van der Waals surface area contributed by atoms with Gasteiger partial charge in [-0.05, 0) is 35.4 Å². The highest BCUT2D eigenvalue weighted by Crippen LogP contribution is 2.33. The largest absolute Gasteiger partial charge is 0.486 e. The smallest absolute Gasteiger partial charge is 0.161 e. The molecule has 0 atom stereocenters. The minimum absolute atomic E-state index is 0.600. The highest BCUT2D eigenvalue weighted by Gasteiger charge is 2.12. The highest BCUT2D eigenvalue weighted by atomic mass is 16.6. The minimum atomic E-state index is 0.600. The van der Waals surface area contributed by atoms with Crippen LogP contribution < -0.4 is 18.9 Å². The molecule has 0 unspecified atom stereocenters. The molecule has 112 valence electrons. The molecular weight excluding hydrogens is 280 g/mol. The van der Waals surface area contributed by atoms with E-state index in [1.165, 1.54) is 0 Å². The van der Waals surface area contributed by atoms with Crippen molar-refractivity contribution in [1.82, 2.24) is 0 Å². The summed E-state index contributed by atoms with van der Waals surface area (Å²) in [5.41, 5.74) is 2.14. The first-order valence-electron chi connectivity index (χ1n) is 7.36. The lowest BCUT2D eigenvalue weighted by Crippen LogP contribution is -2.15. The van der Waals surface area contributed by atoms with Crippen LogP contribution in [0.3, 0.4) is 0 Å². The second-order valence-corrected chi connectivity index (χ2v) is 5.14.